The third-order valence-corrected chi connectivity index (χ3v) is 4.02. The summed E-state index contributed by atoms with van der Waals surface area (Å²) in [5.74, 6) is -3.10. The number of esters is 2. The van der Waals surface area contributed by atoms with Crippen LogP contribution in [0.5, 0.6) is 11.5 Å². The van der Waals surface area contributed by atoms with Gasteiger partial charge in [0.2, 0.25) is 0 Å². The maximum Gasteiger partial charge on any atom is 0.342 e. The van der Waals surface area contributed by atoms with Crippen LogP contribution in [-0.2, 0) is 22.7 Å². The molecule has 0 aliphatic rings. The number of ether oxygens (including phenoxy) is 2. The molecule has 0 aliphatic carbocycles. The minimum Gasteiger partial charge on any atom is -0.504 e. The standard InChI is InChI=1S/C22H18O6/c23-19-17(21(25)27-13-15-7-3-1-4-8-15)11-12-18(20(19)24)22(26)28-14-16-9-5-2-6-10-16/h1-12,23-24H,13-14H2. The molecule has 0 saturated carbocycles. The average molecular weight is 378 g/mol. The lowest BCUT2D eigenvalue weighted by Crippen LogP contribution is -2.09. The largest absolute Gasteiger partial charge is 0.504 e. The van der Waals surface area contributed by atoms with Gasteiger partial charge < -0.3 is 19.7 Å². The molecular formula is C22H18O6. The second kappa shape index (κ2) is 8.73. The van der Waals surface area contributed by atoms with Crippen LogP contribution in [0.25, 0.3) is 0 Å². The van der Waals surface area contributed by atoms with Gasteiger partial charge in [-0.1, -0.05) is 60.7 Å². The number of benzene rings is 3. The second-order valence-corrected chi connectivity index (χ2v) is 5.98. The van der Waals surface area contributed by atoms with Crippen molar-refractivity contribution >= 4 is 11.9 Å². The van der Waals surface area contributed by atoms with Crippen molar-refractivity contribution in [3.05, 3.63) is 95.1 Å². The molecule has 2 N–H and O–H groups in total. The molecule has 0 unspecified atom stereocenters. The minimum atomic E-state index is -0.819. The molecule has 0 atom stereocenters. The molecule has 0 amide bonds. The van der Waals surface area contributed by atoms with Gasteiger partial charge in [-0.05, 0) is 23.3 Å². The molecule has 142 valence electrons. The molecule has 0 heterocycles. The van der Waals surface area contributed by atoms with E-state index in [9.17, 15) is 19.8 Å². The Bertz CT molecular complexity index is 887. The molecule has 3 aromatic rings. The molecule has 6 nitrogen and oxygen atoms in total. The number of aromatic hydroxyl groups is 2. The Hall–Kier alpha value is -3.80. The summed E-state index contributed by atoms with van der Waals surface area (Å²) in [6.45, 7) is 0.0293. The number of carbonyl (C=O) groups is 2. The normalized spacial score (nSPS) is 10.3. The summed E-state index contributed by atoms with van der Waals surface area (Å²) in [6.07, 6.45) is 0. The van der Waals surface area contributed by atoms with E-state index in [0.717, 1.165) is 11.1 Å². The number of carbonyl (C=O) groups excluding carboxylic acids is 2. The minimum absolute atomic E-state index is 0.0146. The van der Waals surface area contributed by atoms with Crippen molar-refractivity contribution < 1.29 is 29.3 Å². The zero-order chi connectivity index (χ0) is 19.9. The maximum absolute atomic E-state index is 12.2. The van der Waals surface area contributed by atoms with Crippen LogP contribution in [0.15, 0.2) is 72.8 Å². The molecule has 3 aromatic carbocycles. The van der Waals surface area contributed by atoms with E-state index in [1.165, 1.54) is 12.1 Å². The van der Waals surface area contributed by atoms with Crippen LogP contribution in [0.3, 0.4) is 0 Å². The number of phenolic OH excluding ortho intramolecular Hbond substituents is 2. The van der Waals surface area contributed by atoms with E-state index in [1.807, 2.05) is 36.4 Å². The van der Waals surface area contributed by atoms with Crippen LogP contribution in [0, 0.1) is 0 Å². The Morgan fingerprint density at radius 2 is 0.964 bits per heavy atom. The Morgan fingerprint density at radius 1 is 0.607 bits per heavy atom. The SMILES string of the molecule is O=C(OCc1ccccc1)c1ccc(C(=O)OCc2ccccc2)c(O)c1O. The number of phenols is 2. The van der Waals surface area contributed by atoms with Crippen molar-refractivity contribution in [1.82, 2.24) is 0 Å². The number of hydrogen-bond donors (Lipinski definition) is 2. The van der Waals surface area contributed by atoms with E-state index in [0.29, 0.717) is 0 Å². The summed E-state index contributed by atoms with van der Waals surface area (Å²) < 4.78 is 10.3. The molecule has 28 heavy (non-hydrogen) atoms. The Balaban J connectivity index is 1.67. The fraction of sp³-hybridized carbons (Fsp3) is 0.0909. The highest BCUT2D eigenvalue weighted by molar-refractivity contribution is 5.99. The highest BCUT2D eigenvalue weighted by atomic mass is 16.5. The highest BCUT2D eigenvalue weighted by Gasteiger charge is 2.22. The third kappa shape index (κ3) is 4.48. The lowest BCUT2D eigenvalue weighted by Gasteiger charge is -2.11. The molecule has 0 fully saturated rings. The van der Waals surface area contributed by atoms with Crippen molar-refractivity contribution in [2.45, 2.75) is 13.2 Å². The zero-order valence-electron chi connectivity index (χ0n) is 14.9. The van der Waals surface area contributed by atoms with Gasteiger partial charge in [0.1, 0.15) is 24.3 Å². The van der Waals surface area contributed by atoms with Crippen LogP contribution in [0.2, 0.25) is 0 Å². The molecule has 3 rings (SSSR count). The Labute approximate surface area is 161 Å². The van der Waals surface area contributed by atoms with Gasteiger partial charge in [0, 0.05) is 0 Å². The molecular weight excluding hydrogens is 360 g/mol. The number of rotatable bonds is 6. The van der Waals surface area contributed by atoms with Crippen molar-refractivity contribution in [3.8, 4) is 11.5 Å². The van der Waals surface area contributed by atoms with Crippen molar-refractivity contribution in [3.63, 3.8) is 0 Å². The van der Waals surface area contributed by atoms with E-state index >= 15 is 0 Å². The van der Waals surface area contributed by atoms with Crippen LogP contribution in [-0.4, -0.2) is 22.2 Å². The van der Waals surface area contributed by atoms with E-state index in [-0.39, 0.29) is 24.3 Å². The summed E-state index contributed by atoms with van der Waals surface area (Å²) in [5.41, 5.74) is 1.07. The average Bonchev–Trinajstić information content (AvgIpc) is 2.73. The first-order valence-corrected chi connectivity index (χ1v) is 8.53. The first-order chi connectivity index (χ1) is 13.6. The zero-order valence-corrected chi connectivity index (χ0v) is 14.9. The molecule has 0 aliphatic heterocycles. The van der Waals surface area contributed by atoms with Gasteiger partial charge in [-0.2, -0.15) is 0 Å². The summed E-state index contributed by atoms with van der Waals surface area (Å²) in [6, 6.07) is 20.5. The first kappa shape index (κ1) is 19.0. The van der Waals surface area contributed by atoms with Gasteiger partial charge in [-0.25, -0.2) is 9.59 Å². The first-order valence-electron chi connectivity index (χ1n) is 8.53. The van der Waals surface area contributed by atoms with E-state index < -0.39 is 23.4 Å². The summed E-state index contributed by atoms with van der Waals surface area (Å²) in [4.78, 5) is 24.3. The predicted octanol–water partition coefficient (Wildman–Crippen LogP) is 3.81. The van der Waals surface area contributed by atoms with E-state index in [2.05, 4.69) is 0 Å². The quantitative estimate of drug-likeness (QED) is 0.500. The summed E-state index contributed by atoms with van der Waals surface area (Å²) in [7, 11) is 0. The molecule has 6 heteroatoms. The molecule has 0 saturated heterocycles. The lowest BCUT2D eigenvalue weighted by atomic mass is 10.1. The van der Waals surface area contributed by atoms with Gasteiger partial charge in [-0.15, -0.1) is 0 Å². The predicted molar refractivity (Wildman–Crippen MR) is 101 cm³/mol. The second-order valence-electron chi connectivity index (χ2n) is 5.98. The van der Waals surface area contributed by atoms with E-state index in [1.54, 1.807) is 24.3 Å². The van der Waals surface area contributed by atoms with Crippen LogP contribution >= 0.6 is 0 Å². The fourth-order valence-electron chi connectivity index (χ4n) is 2.51. The fourth-order valence-corrected chi connectivity index (χ4v) is 2.51. The van der Waals surface area contributed by atoms with Crippen molar-refractivity contribution in [2.24, 2.45) is 0 Å². The Morgan fingerprint density at radius 3 is 1.32 bits per heavy atom. The third-order valence-electron chi connectivity index (χ3n) is 4.02. The van der Waals surface area contributed by atoms with Gasteiger partial charge in [-0.3, -0.25) is 0 Å². The maximum atomic E-state index is 12.2. The number of hydrogen-bond acceptors (Lipinski definition) is 6. The van der Waals surface area contributed by atoms with Crippen LogP contribution in [0.1, 0.15) is 31.8 Å². The molecule has 0 radical (unpaired) electrons. The highest BCUT2D eigenvalue weighted by Crippen LogP contribution is 2.33. The van der Waals surface area contributed by atoms with Gasteiger partial charge in [0.25, 0.3) is 0 Å². The van der Waals surface area contributed by atoms with Crippen LogP contribution < -0.4 is 0 Å². The van der Waals surface area contributed by atoms with Crippen molar-refractivity contribution in [2.75, 3.05) is 0 Å². The van der Waals surface area contributed by atoms with Gasteiger partial charge in [0.05, 0.1) is 0 Å². The van der Waals surface area contributed by atoms with E-state index in [4.69, 9.17) is 9.47 Å². The summed E-state index contributed by atoms with van der Waals surface area (Å²) >= 11 is 0. The summed E-state index contributed by atoms with van der Waals surface area (Å²) in [5, 5.41) is 20.2. The Kier molecular flexibility index (Phi) is 5.91. The smallest absolute Gasteiger partial charge is 0.342 e. The van der Waals surface area contributed by atoms with Crippen molar-refractivity contribution in [1.29, 1.82) is 0 Å². The van der Waals surface area contributed by atoms with Gasteiger partial charge >= 0.3 is 11.9 Å². The molecule has 0 spiro atoms. The monoisotopic (exact) mass is 378 g/mol. The molecule has 0 aromatic heterocycles. The van der Waals surface area contributed by atoms with Crippen LogP contribution in [0.4, 0.5) is 0 Å². The topological polar surface area (TPSA) is 93.1 Å². The lowest BCUT2D eigenvalue weighted by molar-refractivity contribution is 0.0451. The molecule has 0 bridgehead atoms. The van der Waals surface area contributed by atoms with Gasteiger partial charge in [0.15, 0.2) is 11.5 Å².